The molecule has 2 unspecified atom stereocenters. The molecule has 0 aromatic heterocycles. The van der Waals surface area contributed by atoms with Crippen molar-refractivity contribution in [2.24, 2.45) is 0 Å². The van der Waals surface area contributed by atoms with Crippen LogP contribution in [0.25, 0.3) is 0 Å². The van der Waals surface area contributed by atoms with E-state index in [0.717, 1.165) is 19.3 Å². The molecule has 2 aliphatic rings. The van der Waals surface area contributed by atoms with Gasteiger partial charge in [0.25, 0.3) is 33.7 Å². The molecule has 0 aliphatic carbocycles. The number of hydrogen-bond acceptors (Lipinski definition) is 8. The quantitative estimate of drug-likeness (QED) is 0.144. The van der Waals surface area contributed by atoms with Crippen LogP contribution in [0.2, 0.25) is 0 Å². The molecule has 2 aliphatic heterocycles. The summed E-state index contributed by atoms with van der Waals surface area (Å²) in [4.78, 5) is 65.0. The number of carbonyl (C=O) groups excluding carboxylic acids is 5. The molecule has 0 radical (unpaired) electrons. The van der Waals surface area contributed by atoms with Crippen molar-refractivity contribution in [3.05, 3.63) is 12.2 Å². The van der Waals surface area contributed by atoms with Gasteiger partial charge >= 0.3 is 35.5 Å². The Balaban J connectivity index is 0.00000512. The van der Waals surface area contributed by atoms with Gasteiger partial charge in [0.05, 0.1) is 6.42 Å². The molecular formula is C19H27N2NaO9S. The van der Waals surface area contributed by atoms with E-state index in [-0.39, 0.29) is 60.3 Å². The van der Waals surface area contributed by atoms with E-state index in [2.05, 4.69) is 4.84 Å². The summed E-state index contributed by atoms with van der Waals surface area (Å²) >= 11 is 0. The summed E-state index contributed by atoms with van der Waals surface area (Å²) in [6.45, 7) is 1.98. The first-order valence-corrected chi connectivity index (χ1v) is 11.7. The standard InChI is InChI=1S/C19H26N2O9S.Na.H/c1-2-7-13(20-15(22)10-11-16(20)23)8-5-3-4-6-9-18(25)30-21-17(24)12-14(19(21)26)31(27,28)29;;/h10-11,13-14H,2-9,12H2,1H3,(H,27,28,29);;/q;+1;-1. The molecule has 1 N–H and O–H groups in total. The molecule has 0 aromatic carbocycles. The van der Waals surface area contributed by atoms with E-state index >= 15 is 0 Å². The number of nitrogens with zero attached hydrogens (tertiary/aromatic N) is 2. The fourth-order valence-corrected chi connectivity index (χ4v) is 4.27. The van der Waals surface area contributed by atoms with Crippen molar-refractivity contribution in [2.75, 3.05) is 0 Å². The number of rotatable bonds is 12. The second-order valence-electron chi connectivity index (χ2n) is 7.47. The zero-order chi connectivity index (χ0) is 23.2. The van der Waals surface area contributed by atoms with E-state index in [4.69, 9.17) is 4.55 Å². The van der Waals surface area contributed by atoms with Gasteiger partial charge in [-0.15, -0.1) is 5.06 Å². The number of unbranched alkanes of at least 4 members (excludes halogenated alkanes) is 3. The third-order valence-corrected chi connectivity index (χ3v) is 6.20. The minimum Gasteiger partial charge on any atom is -1.00 e. The average molecular weight is 482 g/mol. The van der Waals surface area contributed by atoms with Gasteiger partial charge in [-0.25, -0.2) is 4.79 Å². The van der Waals surface area contributed by atoms with E-state index in [1.807, 2.05) is 6.92 Å². The van der Waals surface area contributed by atoms with E-state index in [0.29, 0.717) is 25.7 Å². The normalized spacial score (nSPS) is 19.5. The minimum absolute atomic E-state index is 0. The van der Waals surface area contributed by atoms with Crippen LogP contribution < -0.4 is 29.6 Å². The molecule has 1 saturated heterocycles. The Kier molecular flexibility index (Phi) is 11.2. The largest absolute Gasteiger partial charge is 1.00 e. The third kappa shape index (κ3) is 7.48. The Hall–Kier alpha value is -1.60. The van der Waals surface area contributed by atoms with Crippen LogP contribution in [0.15, 0.2) is 12.2 Å². The van der Waals surface area contributed by atoms with Crippen LogP contribution in [0.1, 0.15) is 66.1 Å². The van der Waals surface area contributed by atoms with Crippen molar-refractivity contribution in [3.63, 3.8) is 0 Å². The first-order valence-electron chi connectivity index (χ1n) is 10.1. The van der Waals surface area contributed by atoms with Crippen molar-refractivity contribution in [2.45, 2.75) is 76.0 Å². The second-order valence-corrected chi connectivity index (χ2v) is 9.07. The summed E-state index contributed by atoms with van der Waals surface area (Å²) in [5.74, 6) is -3.76. The summed E-state index contributed by atoms with van der Waals surface area (Å²) in [5, 5.41) is -1.86. The Morgan fingerprint density at radius 3 is 2.25 bits per heavy atom. The van der Waals surface area contributed by atoms with Gasteiger partial charge in [-0.05, 0) is 19.3 Å². The topological polar surface area (TPSA) is 155 Å². The second kappa shape index (κ2) is 12.6. The van der Waals surface area contributed by atoms with Crippen molar-refractivity contribution < 1.29 is 72.8 Å². The van der Waals surface area contributed by atoms with Crippen LogP contribution in [0, 0.1) is 0 Å². The SMILES string of the molecule is CCCC(CCCCCCC(=O)ON1C(=O)CC(S(=O)(=O)O)C1=O)N1C(=O)C=CC1=O.[H-].[Na+]. The van der Waals surface area contributed by atoms with E-state index in [9.17, 15) is 32.4 Å². The molecule has 13 heteroatoms. The Bertz CT molecular complexity index is 876. The first-order chi connectivity index (χ1) is 14.6. The van der Waals surface area contributed by atoms with E-state index < -0.39 is 39.6 Å². The van der Waals surface area contributed by atoms with Gasteiger partial charge in [0, 0.05) is 24.6 Å². The number of imide groups is 2. The van der Waals surface area contributed by atoms with Crippen LogP contribution in [0.4, 0.5) is 0 Å². The zero-order valence-electron chi connectivity index (χ0n) is 19.2. The van der Waals surface area contributed by atoms with E-state index in [1.165, 1.54) is 17.1 Å². The fourth-order valence-electron chi connectivity index (χ4n) is 3.57. The number of amides is 4. The Morgan fingerprint density at radius 1 is 1.12 bits per heavy atom. The van der Waals surface area contributed by atoms with Gasteiger partial charge in [0.2, 0.25) is 0 Å². The van der Waals surface area contributed by atoms with Crippen LogP contribution in [-0.2, 0) is 38.9 Å². The summed E-state index contributed by atoms with van der Waals surface area (Å²) < 4.78 is 31.1. The van der Waals surface area contributed by atoms with Gasteiger partial charge in [0.15, 0.2) is 5.25 Å². The number of carbonyl (C=O) groups is 5. The van der Waals surface area contributed by atoms with Crippen LogP contribution >= 0.6 is 0 Å². The third-order valence-electron chi connectivity index (χ3n) is 5.11. The average Bonchev–Trinajstić information content (AvgIpc) is 3.16. The summed E-state index contributed by atoms with van der Waals surface area (Å²) in [5.41, 5.74) is 0. The molecular weight excluding hydrogens is 455 g/mol. The zero-order valence-corrected chi connectivity index (χ0v) is 21.0. The fraction of sp³-hybridized carbons (Fsp3) is 0.632. The van der Waals surface area contributed by atoms with Crippen molar-refractivity contribution in [1.29, 1.82) is 0 Å². The predicted molar refractivity (Wildman–Crippen MR) is 106 cm³/mol. The summed E-state index contributed by atoms with van der Waals surface area (Å²) in [7, 11) is -4.76. The molecule has 1 fully saturated rings. The number of hydrogen-bond donors (Lipinski definition) is 1. The van der Waals surface area contributed by atoms with Crippen molar-refractivity contribution >= 4 is 39.7 Å². The Labute approximate surface area is 210 Å². The molecule has 2 rings (SSSR count). The van der Waals surface area contributed by atoms with Crippen molar-refractivity contribution in [3.8, 4) is 0 Å². The maximum absolute atomic E-state index is 11.8. The van der Waals surface area contributed by atoms with Crippen LogP contribution in [0.3, 0.4) is 0 Å². The molecule has 2 heterocycles. The van der Waals surface area contributed by atoms with Gasteiger partial charge in [0.1, 0.15) is 0 Å². The monoisotopic (exact) mass is 482 g/mol. The summed E-state index contributed by atoms with van der Waals surface area (Å²) in [6, 6.07) is -0.159. The molecule has 0 spiro atoms. The van der Waals surface area contributed by atoms with Gasteiger partial charge in [-0.1, -0.05) is 32.6 Å². The molecule has 0 aromatic rings. The van der Waals surface area contributed by atoms with Gasteiger partial charge in [-0.2, -0.15) is 8.42 Å². The predicted octanol–water partition coefficient (Wildman–Crippen LogP) is -1.99. The van der Waals surface area contributed by atoms with Gasteiger partial charge in [-0.3, -0.25) is 28.6 Å². The van der Waals surface area contributed by atoms with Crippen LogP contribution in [-0.4, -0.2) is 63.8 Å². The van der Waals surface area contributed by atoms with Crippen molar-refractivity contribution in [1.82, 2.24) is 9.96 Å². The summed E-state index contributed by atoms with van der Waals surface area (Å²) in [6.07, 6.45) is 6.43. The molecule has 11 nitrogen and oxygen atoms in total. The van der Waals surface area contributed by atoms with Crippen LogP contribution in [0.5, 0.6) is 0 Å². The molecule has 0 saturated carbocycles. The molecule has 2 atom stereocenters. The molecule has 174 valence electrons. The smallest absolute Gasteiger partial charge is 1.00 e. The first kappa shape index (κ1) is 28.4. The molecule has 4 amide bonds. The van der Waals surface area contributed by atoms with E-state index in [1.54, 1.807) is 0 Å². The van der Waals surface area contributed by atoms with Gasteiger partial charge < -0.3 is 6.26 Å². The number of hydroxylamine groups is 2. The molecule has 0 bridgehead atoms. The Morgan fingerprint density at radius 2 is 1.72 bits per heavy atom. The maximum Gasteiger partial charge on any atom is 1.00 e. The molecule has 32 heavy (non-hydrogen) atoms. The minimum atomic E-state index is -4.76. The maximum atomic E-state index is 11.8.